The van der Waals surface area contributed by atoms with E-state index in [1.807, 2.05) is 30.3 Å². The molecule has 0 radical (unpaired) electrons. The number of ether oxygens (including phenoxy) is 1. The van der Waals surface area contributed by atoms with Crippen LogP contribution in [-0.2, 0) is 20.4 Å². The summed E-state index contributed by atoms with van der Waals surface area (Å²) < 4.78 is 31.8. The molecule has 1 aliphatic carbocycles. The van der Waals surface area contributed by atoms with Gasteiger partial charge in [-0.15, -0.1) is 0 Å². The number of carbonyl (C=O) groups is 1. The number of hydrogen-bond acceptors (Lipinski definition) is 4. The molecule has 3 atom stereocenters. The third-order valence-electron chi connectivity index (χ3n) is 5.65. The Morgan fingerprint density at radius 2 is 1.72 bits per heavy atom. The summed E-state index contributed by atoms with van der Waals surface area (Å²) in [5.41, 5.74) is 0.544. The number of nitrogens with one attached hydrogen (secondary N) is 1. The largest absolute Gasteiger partial charge is 0.457 e. The lowest BCUT2D eigenvalue weighted by Crippen LogP contribution is -2.47. The second-order valence-corrected chi connectivity index (χ2v) is 10.2. The Bertz CT molecular complexity index is 927. The lowest BCUT2D eigenvalue weighted by atomic mass is 9.86. The number of sulfone groups is 1. The van der Waals surface area contributed by atoms with Gasteiger partial charge >= 0.3 is 0 Å². The van der Waals surface area contributed by atoms with Gasteiger partial charge in [0, 0.05) is 11.6 Å². The quantitative estimate of drug-likeness (QED) is 0.724. The lowest BCUT2D eigenvalue weighted by molar-refractivity contribution is -0.121. The molecule has 156 valence electrons. The molecule has 0 saturated heterocycles. The predicted octanol–water partition coefficient (Wildman–Crippen LogP) is 4.48. The Hall–Kier alpha value is -2.34. The highest BCUT2D eigenvalue weighted by atomic mass is 32.2. The van der Waals surface area contributed by atoms with Gasteiger partial charge in [-0.05, 0) is 43.9 Å². The highest BCUT2D eigenvalue weighted by Crippen LogP contribution is 2.28. The van der Waals surface area contributed by atoms with Crippen molar-refractivity contribution in [3.8, 4) is 11.5 Å². The summed E-state index contributed by atoms with van der Waals surface area (Å²) in [6, 6.07) is 16.3. The van der Waals surface area contributed by atoms with Crippen LogP contribution in [-0.4, -0.2) is 25.6 Å². The molecule has 1 fully saturated rings. The molecule has 5 nitrogen and oxygen atoms in total. The third kappa shape index (κ3) is 5.60. The topological polar surface area (TPSA) is 72.5 Å². The minimum Gasteiger partial charge on any atom is -0.457 e. The zero-order chi connectivity index (χ0) is 20.9. The van der Waals surface area contributed by atoms with Gasteiger partial charge in [-0.1, -0.05) is 56.2 Å². The van der Waals surface area contributed by atoms with Gasteiger partial charge in [-0.25, -0.2) is 8.42 Å². The van der Waals surface area contributed by atoms with Crippen molar-refractivity contribution < 1.29 is 17.9 Å². The molecule has 0 spiro atoms. The van der Waals surface area contributed by atoms with Crippen molar-refractivity contribution in [2.45, 2.75) is 56.6 Å². The molecule has 2 aromatic carbocycles. The molecule has 6 heteroatoms. The third-order valence-corrected chi connectivity index (χ3v) is 7.65. The molecule has 3 unspecified atom stereocenters. The Balaban J connectivity index is 1.71. The molecule has 1 saturated carbocycles. The van der Waals surface area contributed by atoms with E-state index >= 15 is 0 Å². The summed E-state index contributed by atoms with van der Waals surface area (Å²) in [5, 5.41) is 1.86. The Kier molecular flexibility index (Phi) is 6.96. The van der Waals surface area contributed by atoms with E-state index in [0.717, 1.165) is 19.3 Å². The predicted molar refractivity (Wildman–Crippen MR) is 115 cm³/mol. The van der Waals surface area contributed by atoms with Gasteiger partial charge in [-0.2, -0.15) is 0 Å². The normalized spacial score (nSPS) is 20.6. The minimum absolute atomic E-state index is 0.0580. The molecular formula is C23H29NO4S. The van der Waals surface area contributed by atoms with Crippen LogP contribution in [0.2, 0.25) is 0 Å². The number of amides is 1. The van der Waals surface area contributed by atoms with E-state index in [1.165, 1.54) is 13.3 Å². The number of hydrogen-bond donors (Lipinski definition) is 1. The van der Waals surface area contributed by atoms with Gasteiger partial charge < -0.3 is 10.1 Å². The van der Waals surface area contributed by atoms with E-state index < -0.39 is 21.0 Å². The molecular weight excluding hydrogens is 386 g/mol. The van der Waals surface area contributed by atoms with E-state index in [-0.39, 0.29) is 11.8 Å². The van der Waals surface area contributed by atoms with E-state index in [0.29, 0.717) is 23.0 Å². The Labute approximate surface area is 173 Å². The van der Waals surface area contributed by atoms with Gasteiger partial charge in [0.15, 0.2) is 9.84 Å². The maximum absolute atomic E-state index is 13.0. The van der Waals surface area contributed by atoms with Gasteiger partial charge in [-0.3, -0.25) is 4.79 Å². The molecule has 0 heterocycles. The van der Waals surface area contributed by atoms with Crippen molar-refractivity contribution in [2.24, 2.45) is 5.92 Å². The molecule has 0 aromatic heterocycles. The second-order valence-electron chi connectivity index (χ2n) is 7.85. The summed E-state index contributed by atoms with van der Waals surface area (Å²) in [6.07, 6.45) is 4.21. The Morgan fingerprint density at radius 3 is 2.45 bits per heavy atom. The van der Waals surface area contributed by atoms with Gasteiger partial charge in [0.05, 0.1) is 5.75 Å². The van der Waals surface area contributed by atoms with Crippen molar-refractivity contribution in [3.63, 3.8) is 0 Å². The second kappa shape index (κ2) is 9.44. The lowest BCUT2D eigenvalue weighted by Gasteiger charge is -2.30. The van der Waals surface area contributed by atoms with E-state index in [9.17, 15) is 13.2 Å². The van der Waals surface area contributed by atoms with Crippen LogP contribution in [0.4, 0.5) is 0 Å². The van der Waals surface area contributed by atoms with Crippen LogP contribution in [0.25, 0.3) is 0 Å². The van der Waals surface area contributed by atoms with E-state index in [1.54, 1.807) is 24.3 Å². The molecule has 2 aromatic rings. The smallest absolute Gasteiger partial charge is 0.238 e. The van der Waals surface area contributed by atoms with Crippen LogP contribution < -0.4 is 10.1 Å². The number of rotatable bonds is 7. The molecule has 1 amide bonds. The SMILES string of the molecule is CC1CCCCC1NC(=O)C(C)S(=O)(=O)Cc1ccccc1Oc1ccccc1. The highest BCUT2D eigenvalue weighted by Gasteiger charge is 2.32. The number of benzene rings is 2. The van der Waals surface area contributed by atoms with Crippen LogP contribution in [0, 0.1) is 5.92 Å². The van der Waals surface area contributed by atoms with Gasteiger partial charge in [0.25, 0.3) is 0 Å². The molecule has 1 N–H and O–H groups in total. The monoisotopic (exact) mass is 415 g/mol. The van der Waals surface area contributed by atoms with Crippen LogP contribution in [0.5, 0.6) is 11.5 Å². The average Bonchev–Trinajstić information content (AvgIpc) is 2.71. The van der Waals surface area contributed by atoms with Gasteiger partial charge in [0.2, 0.25) is 5.91 Å². The van der Waals surface area contributed by atoms with Crippen molar-refractivity contribution in [1.82, 2.24) is 5.32 Å². The van der Waals surface area contributed by atoms with Crippen molar-refractivity contribution in [1.29, 1.82) is 0 Å². The first kappa shape index (κ1) is 21.4. The first-order valence-electron chi connectivity index (χ1n) is 10.2. The first-order valence-corrected chi connectivity index (χ1v) is 11.9. The molecule has 0 aliphatic heterocycles. The van der Waals surface area contributed by atoms with Crippen LogP contribution in [0.3, 0.4) is 0 Å². The zero-order valence-electron chi connectivity index (χ0n) is 17.0. The van der Waals surface area contributed by atoms with Crippen LogP contribution in [0.1, 0.15) is 45.1 Å². The number of para-hydroxylation sites is 2. The summed E-state index contributed by atoms with van der Waals surface area (Å²) in [4.78, 5) is 12.6. The maximum atomic E-state index is 13.0. The van der Waals surface area contributed by atoms with Crippen molar-refractivity contribution >= 4 is 15.7 Å². The van der Waals surface area contributed by atoms with Gasteiger partial charge in [0.1, 0.15) is 16.7 Å². The fourth-order valence-corrected chi connectivity index (χ4v) is 4.99. The first-order chi connectivity index (χ1) is 13.9. The van der Waals surface area contributed by atoms with E-state index in [4.69, 9.17) is 4.74 Å². The summed E-state index contributed by atoms with van der Waals surface area (Å²) in [5.74, 6) is 0.836. The van der Waals surface area contributed by atoms with Crippen molar-refractivity contribution in [3.05, 3.63) is 60.2 Å². The Morgan fingerprint density at radius 1 is 1.07 bits per heavy atom. The fourth-order valence-electron chi connectivity index (χ4n) is 3.67. The zero-order valence-corrected chi connectivity index (χ0v) is 17.8. The standard InChI is InChI=1S/C23H29NO4S/c1-17-10-6-8-14-21(17)24-23(25)18(2)29(26,27)16-19-11-7-9-15-22(19)28-20-12-4-3-5-13-20/h3-5,7,9,11-13,15,17-18,21H,6,8,10,14,16H2,1-2H3,(H,24,25). The molecule has 3 rings (SSSR count). The van der Waals surface area contributed by atoms with E-state index in [2.05, 4.69) is 12.2 Å². The van der Waals surface area contributed by atoms with Crippen LogP contribution in [0.15, 0.2) is 54.6 Å². The summed E-state index contributed by atoms with van der Waals surface area (Å²) in [7, 11) is -3.69. The maximum Gasteiger partial charge on any atom is 0.238 e. The molecule has 0 bridgehead atoms. The molecule has 29 heavy (non-hydrogen) atoms. The number of carbonyl (C=O) groups excluding carboxylic acids is 1. The average molecular weight is 416 g/mol. The minimum atomic E-state index is -3.69. The highest BCUT2D eigenvalue weighted by molar-refractivity contribution is 7.92. The van der Waals surface area contributed by atoms with Crippen molar-refractivity contribution in [2.75, 3.05) is 0 Å². The molecule has 1 aliphatic rings. The van der Waals surface area contributed by atoms with Crippen LogP contribution >= 0.6 is 0 Å². The fraction of sp³-hybridized carbons (Fsp3) is 0.435. The summed E-state index contributed by atoms with van der Waals surface area (Å²) >= 11 is 0. The summed E-state index contributed by atoms with van der Waals surface area (Å²) in [6.45, 7) is 3.58.